The van der Waals surface area contributed by atoms with Crippen molar-refractivity contribution in [3.05, 3.63) is 39.9 Å². The number of nitrogens with one attached hydrogen (secondary N) is 1. The van der Waals surface area contributed by atoms with Crippen molar-refractivity contribution in [2.24, 2.45) is 0 Å². The van der Waals surface area contributed by atoms with Crippen molar-refractivity contribution < 1.29 is 10.0 Å². The smallest absolute Gasteiger partial charge is 0.269 e. The van der Waals surface area contributed by atoms with Gasteiger partial charge in [0.05, 0.1) is 11.0 Å². The molecule has 1 aromatic carbocycles. The van der Waals surface area contributed by atoms with Gasteiger partial charge in [0.25, 0.3) is 5.69 Å². The van der Waals surface area contributed by atoms with Gasteiger partial charge in [-0.2, -0.15) is 0 Å². The van der Waals surface area contributed by atoms with Crippen LogP contribution in [0.5, 0.6) is 0 Å². The maximum Gasteiger partial charge on any atom is 0.269 e. The van der Waals surface area contributed by atoms with E-state index in [2.05, 4.69) is 5.32 Å². The highest BCUT2D eigenvalue weighted by atomic mass is 16.6. The first-order valence-electron chi connectivity index (χ1n) is 6.21. The van der Waals surface area contributed by atoms with Crippen molar-refractivity contribution >= 4 is 5.69 Å². The van der Waals surface area contributed by atoms with Crippen LogP contribution in [-0.4, -0.2) is 29.2 Å². The van der Waals surface area contributed by atoms with E-state index in [1.54, 1.807) is 19.1 Å². The third kappa shape index (κ3) is 5.75. The molecular formula is C13H20N2O3. The minimum Gasteiger partial charge on any atom is -0.393 e. The molecule has 0 radical (unpaired) electrons. The Labute approximate surface area is 107 Å². The molecule has 0 saturated carbocycles. The van der Waals surface area contributed by atoms with E-state index in [1.165, 1.54) is 12.1 Å². The third-order valence-electron chi connectivity index (χ3n) is 2.71. The minimum absolute atomic E-state index is 0.128. The van der Waals surface area contributed by atoms with E-state index >= 15 is 0 Å². The number of aliphatic hydroxyl groups excluding tert-OH is 1. The number of rotatable bonds is 8. The summed E-state index contributed by atoms with van der Waals surface area (Å²) in [4.78, 5) is 10.1. The van der Waals surface area contributed by atoms with Crippen LogP contribution in [-0.2, 0) is 6.42 Å². The number of non-ortho nitro benzene ring substituents is 1. The van der Waals surface area contributed by atoms with Crippen molar-refractivity contribution in [1.82, 2.24) is 5.32 Å². The molecule has 0 aromatic heterocycles. The Bertz CT molecular complexity index is 363. The van der Waals surface area contributed by atoms with Crippen LogP contribution >= 0.6 is 0 Å². The van der Waals surface area contributed by atoms with Gasteiger partial charge in [-0.15, -0.1) is 0 Å². The number of nitro groups is 1. The lowest BCUT2D eigenvalue weighted by atomic mass is 10.1. The lowest BCUT2D eigenvalue weighted by Gasteiger charge is -2.06. The van der Waals surface area contributed by atoms with Gasteiger partial charge in [0.1, 0.15) is 0 Å². The number of hydrogen-bond donors (Lipinski definition) is 2. The van der Waals surface area contributed by atoms with Crippen molar-refractivity contribution in [2.75, 3.05) is 13.1 Å². The van der Waals surface area contributed by atoms with E-state index in [0.717, 1.165) is 37.9 Å². The third-order valence-corrected chi connectivity index (χ3v) is 2.71. The zero-order valence-corrected chi connectivity index (χ0v) is 10.6. The largest absolute Gasteiger partial charge is 0.393 e. The molecule has 5 nitrogen and oxygen atoms in total. The molecule has 1 aromatic rings. The zero-order valence-electron chi connectivity index (χ0n) is 10.6. The molecule has 0 spiro atoms. The van der Waals surface area contributed by atoms with Crippen LogP contribution < -0.4 is 5.32 Å². The first-order chi connectivity index (χ1) is 8.59. The van der Waals surface area contributed by atoms with Gasteiger partial charge in [-0.25, -0.2) is 0 Å². The zero-order chi connectivity index (χ0) is 13.4. The molecule has 0 fully saturated rings. The van der Waals surface area contributed by atoms with Crippen molar-refractivity contribution in [3.63, 3.8) is 0 Å². The van der Waals surface area contributed by atoms with Crippen molar-refractivity contribution in [1.29, 1.82) is 0 Å². The summed E-state index contributed by atoms with van der Waals surface area (Å²) in [6, 6.07) is 6.64. The standard InChI is InChI=1S/C13H20N2O3/c1-11(16)3-2-9-14-10-8-12-4-6-13(7-5-12)15(17)18/h4-7,11,14,16H,2-3,8-10H2,1H3. The van der Waals surface area contributed by atoms with Crippen molar-refractivity contribution in [2.45, 2.75) is 32.3 Å². The van der Waals surface area contributed by atoms with Gasteiger partial charge < -0.3 is 10.4 Å². The van der Waals surface area contributed by atoms with E-state index < -0.39 is 4.92 Å². The van der Waals surface area contributed by atoms with Gasteiger partial charge in [0, 0.05) is 12.1 Å². The molecular weight excluding hydrogens is 232 g/mol. The molecule has 0 aliphatic rings. The molecule has 18 heavy (non-hydrogen) atoms. The molecule has 0 aliphatic heterocycles. The van der Waals surface area contributed by atoms with Crippen molar-refractivity contribution in [3.8, 4) is 0 Å². The maximum atomic E-state index is 10.5. The van der Waals surface area contributed by atoms with Crippen LogP contribution in [0.1, 0.15) is 25.3 Å². The Balaban J connectivity index is 2.17. The predicted octanol–water partition coefficient (Wildman–Crippen LogP) is 1.89. The fraction of sp³-hybridized carbons (Fsp3) is 0.538. The SMILES string of the molecule is CC(O)CCCNCCc1ccc([N+](=O)[O-])cc1. The monoisotopic (exact) mass is 252 g/mol. The van der Waals surface area contributed by atoms with E-state index in [4.69, 9.17) is 5.11 Å². The molecule has 5 heteroatoms. The highest BCUT2D eigenvalue weighted by Gasteiger charge is 2.03. The van der Waals surface area contributed by atoms with Crippen LogP contribution in [0.4, 0.5) is 5.69 Å². The Morgan fingerprint density at radius 1 is 1.33 bits per heavy atom. The topological polar surface area (TPSA) is 75.4 Å². The summed E-state index contributed by atoms with van der Waals surface area (Å²) in [5.41, 5.74) is 1.22. The summed E-state index contributed by atoms with van der Waals surface area (Å²) in [6.07, 6.45) is 2.39. The number of nitro benzene ring substituents is 1. The molecule has 0 heterocycles. The quantitative estimate of drug-likeness (QED) is 0.421. The average molecular weight is 252 g/mol. The molecule has 2 N–H and O–H groups in total. The average Bonchev–Trinajstić information content (AvgIpc) is 2.34. The summed E-state index contributed by atoms with van der Waals surface area (Å²) in [7, 11) is 0. The van der Waals surface area contributed by atoms with Gasteiger partial charge in [0.15, 0.2) is 0 Å². The highest BCUT2D eigenvalue weighted by molar-refractivity contribution is 5.32. The Morgan fingerprint density at radius 3 is 2.56 bits per heavy atom. The number of hydrogen-bond acceptors (Lipinski definition) is 4. The van der Waals surface area contributed by atoms with Gasteiger partial charge >= 0.3 is 0 Å². The van der Waals surface area contributed by atoms with Crippen LogP contribution in [0.3, 0.4) is 0 Å². The summed E-state index contributed by atoms with van der Waals surface area (Å²) < 4.78 is 0. The normalized spacial score (nSPS) is 12.3. The molecule has 0 bridgehead atoms. The Morgan fingerprint density at radius 2 is 2.00 bits per heavy atom. The predicted molar refractivity (Wildman–Crippen MR) is 70.6 cm³/mol. The number of benzene rings is 1. The molecule has 0 aliphatic carbocycles. The first kappa shape index (κ1) is 14.6. The second-order valence-electron chi connectivity index (χ2n) is 4.41. The Hall–Kier alpha value is -1.46. The number of aliphatic hydroxyl groups is 1. The maximum absolute atomic E-state index is 10.5. The summed E-state index contributed by atoms with van der Waals surface area (Å²) in [5, 5.41) is 22.8. The van der Waals surface area contributed by atoms with Crippen LogP contribution in [0, 0.1) is 10.1 Å². The second-order valence-corrected chi connectivity index (χ2v) is 4.41. The molecule has 1 rings (SSSR count). The Kier molecular flexibility index (Phi) is 6.32. The van der Waals surface area contributed by atoms with E-state index in [9.17, 15) is 10.1 Å². The fourth-order valence-electron chi connectivity index (χ4n) is 1.66. The highest BCUT2D eigenvalue weighted by Crippen LogP contribution is 2.11. The minimum atomic E-state index is -0.391. The molecule has 0 saturated heterocycles. The summed E-state index contributed by atoms with van der Waals surface area (Å²) >= 11 is 0. The summed E-state index contributed by atoms with van der Waals surface area (Å²) in [6.45, 7) is 3.52. The lowest BCUT2D eigenvalue weighted by molar-refractivity contribution is -0.384. The lowest BCUT2D eigenvalue weighted by Crippen LogP contribution is -2.19. The second kappa shape index (κ2) is 7.79. The first-order valence-corrected chi connectivity index (χ1v) is 6.21. The molecule has 100 valence electrons. The van der Waals surface area contributed by atoms with E-state index in [-0.39, 0.29) is 11.8 Å². The van der Waals surface area contributed by atoms with Crippen LogP contribution in [0.25, 0.3) is 0 Å². The van der Waals surface area contributed by atoms with Gasteiger partial charge in [-0.05, 0) is 44.8 Å². The van der Waals surface area contributed by atoms with Crippen LogP contribution in [0.15, 0.2) is 24.3 Å². The van der Waals surface area contributed by atoms with Crippen LogP contribution in [0.2, 0.25) is 0 Å². The summed E-state index contributed by atoms with van der Waals surface area (Å²) in [5.74, 6) is 0. The van der Waals surface area contributed by atoms with E-state index in [0.29, 0.717) is 0 Å². The van der Waals surface area contributed by atoms with E-state index in [1.807, 2.05) is 0 Å². The fourth-order valence-corrected chi connectivity index (χ4v) is 1.66. The molecule has 1 atom stereocenters. The van der Waals surface area contributed by atoms with Gasteiger partial charge in [0.2, 0.25) is 0 Å². The number of nitrogens with zero attached hydrogens (tertiary/aromatic N) is 1. The van der Waals surface area contributed by atoms with Gasteiger partial charge in [-0.1, -0.05) is 12.1 Å². The molecule has 1 unspecified atom stereocenters. The molecule has 0 amide bonds. The van der Waals surface area contributed by atoms with Gasteiger partial charge in [-0.3, -0.25) is 10.1 Å².